The number of hydrogen-bond donors (Lipinski definition) is 2. The van der Waals surface area contributed by atoms with E-state index < -0.39 is 11.5 Å². The average molecular weight is 406 g/mol. The molecule has 1 fully saturated rings. The molecular formula is C24H31N5O. The van der Waals surface area contributed by atoms with Crippen LogP contribution in [0.15, 0.2) is 52.4 Å². The Bertz CT molecular complexity index is 960. The van der Waals surface area contributed by atoms with Gasteiger partial charge in [0.05, 0.1) is 5.92 Å². The van der Waals surface area contributed by atoms with Gasteiger partial charge in [0.25, 0.3) is 0 Å². The van der Waals surface area contributed by atoms with Gasteiger partial charge in [-0.3, -0.25) is 4.99 Å². The van der Waals surface area contributed by atoms with Crippen LogP contribution in [0.25, 0.3) is 0 Å². The minimum atomic E-state index is -0.923. The number of anilines is 1. The van der Waals surface area contributed by atoms with E-state index in [-0.39, 0.29) is 0 Å². The first-order valence-corrected chi connectivity index (χ1v) is 10.2. The highest BCUT2D eigenvalue weighted by atomic mass is 16.1. The number of nitrogens with zero attached hydrogens (tertiary/aromatic N) is 3. The minimum absolute atomic E-state index is 0.344. The summed E-state index contributed by atoms with van der Waals surface area (Å²) in [4.78, 5) is 23.0. The van der Waals surface area contributed by atoms with Crippen LogP contribution in [0.3, 0.4) is 0 Å². The fraction of sp³-hybridized carbons (Fsp3) is 0.375. The van der Waals surface area contributed by atoms with Crippen LogP contribution in [0, 0.1) is 0 Å². The van der Waals surface area contributed by atoms with E-state index in [4.69, 9.17) is 16.5 Å². The van der Waals surface area contributed by atoms with Crippen molar-refractivity contribution in [2.75, 3.05) is 26.9 Å². The van der Waals surface area contributed by atoms with Crippen molar-refractivity contribution in [2.45, 2.75) is 37.1 Å². The van der Waals surface area contributed by atoms with Crippen LogP contribution in [-0.4, -0.2) is 44.5 Å². The molecule has 2 aromatic rings. The van der Waals surface area contributed by atoms with E-state index in [0.717, 1.165) is 23.0 Å². The second-order valence-corrected chi connectivity index (χ2v) is 8.30. The molecule has 0 saturated heterocycles. The van der Waals surface area contributed by atoms with E-state index in [9.17, 15) is 4.79 Å². The van der Waals surface area contributed by atoms with Crippen molar-refractivity contribution in [3.8, 4) is 0 Å². The van der Waals surface area contributed by atoms with Crippen LogP contribution in [0.5, 0.6) is 0 Å². The predicted molar refractivity (Wildman–Crippen MR) is 124 cm³/mol. The number of benzene rings is 2. The van der Waals surface area contributed by atoms with Crippen LogP contribution in [0.2, 0.25) is 0 Å². The second kappa shape index (κ2) is 8.69. The van der Waals surface area contributed by atoms with E-state index in [1.807, 2.05) is 51.4 Å². The van der Waals surface area contributed by atoms with E-state index in [0.29, 0.717) is 17.6 Å². The first-order chi connectivity index (χ1) is 14.3. The highest BCUT2D eigenvalue weighted by Crippen LogP contribution is 2.43. The fourth-order valence-corrected chi connectivity index (χ4v) is 3.73. The molecule has 6 heteroatoms. The number of carbonyl (C=O) groups is 1. The summed E-state index contributed by atoms with van der Waals surface area (Å²) in [7, 11) is 5.36. The third-order valence-electron chi connectivity index (χ3n) is 5.83. The molecule has 1 aliphatic rings. The third kappa shape index (κ3) is 4.37. The summed E-state index contributed by atoms with van der Waals surface area (Å²) < 4.78 is 0. The first-order valence-electron chi connectivity index (χ1n) is 10.2. The number of carbonyl (C=O) groups excluding carboxylic acids is 1. The Kier molecular flexibility index (Phi) is 6.25. The molecule has 2 atom stereocenters. The average Bonchev–Trinajstić information content (AvgIpc) is 3.56. The normalized spacial score (nSPS) is 17.5. The molecule has 2 aromatic carbocycles. The Morgan fingerprint density at radius 2 is 1.87 bits per heavy atom. The monoisotopic (exact) mass is 405 g/mol. The molecule has 0 heterocycles. The van der Waals surface area contributed by atoms with Crippen molar-refractivity contribution in [1.82, 2.24) is 4.90 Å². The van der Waals surface area contributed by atoms with Gasteiger partial charge >= 0.3 is 0 Å². The maximum absolute atomic E-state index is 12.4. The minimum Gasteiger partial charge on any atom is -0.398 e. The number of hydrogen-bond acceptors (Lipinski definition) is 4. The highest BCUT2D eigenvalue weighted by Gasteiger charge is 2.38. The largest absolute Gasteiger partial charge is 0.398 e. The summed E-state index contributed by atoms with van der Waals surface area (Å²) >= 11 is 0. The SMILES string of the molecule is CN=Cc1ccc(C(C)(N=C(N)N(C)C)C(C=O)c2ccc(C3CC3)cc2)cc1N. The van der Waals surface area contributed by atoms with Gasteiger partial charge in [0.2, 0.25) is 0 Å². The molecule has 1 saturated carbocycles. The van der Waals surface area contributed by atoms with E-state index in [2.05, 4.69) is 17.1 Å². The zero-order valence-corrected chi connectivity index (χ0v) is 18.2. The lowest BCUT2D eigenvalue weighted by atomic mass is 9.76. The van der Waals surface area contributed by atoms with Gasteiger partial charge in [-0.15, -0.1) is 0 Å². The summed E-state index contributed by atoms with van der Waals surface area (Å²) in [6.45, 7) is 1.93. The van der Waals surface area contributed by atoms with Gasteiger partial charge < -0.3 is 21.2 Å². The molecule has 0 aliphatic heterocycles. The van der Waals surface area contributed by atoms with E-state index >= 15 is 0 Å². The van der Waals surface area contributed by atoms with Crippen LogP contribution in [0.1, 0.15) is 53.9 Å². The number of nitrogens with two attached hydrogens (primary N) is 2. The molecule has 0 bridgehead atoms. The van der Waals surface area contributed by atoms with Gasteiger partial charge in [-0.2, -0.15) is 0 Å². The summed E-state index contributed by atoms with van der Waals surface area (Å²) in [6.07, 6.45) is 5.15. The van der Waals surface area contributed by atoms with Crippen LogP contribution in [0.4, 0.5) is 5.69 Å². The maximum Gasteiger partial charge on any atom is 0.191 e. The molecule has 0 spiro atoms. The Balaban J connectivity index is 2.11. The van der Waals surface area contributed by atoms with Crippen molar-refractivity contribution >= 4 is 24.1 Å². The summed E-state index contributed by atoms with van der Waals surface area (Å²) in [5, 5.41) is 0. The molecule has 0 amide bonds. The molecule has 158 valence electrons. The molecule has 0 radical (unpaired) electrons. The topological polar surface area (TPSA) is 97.1 Å². The third-order valence-corrected chi connectivity index (χ3v) is 5.83. The van der Waals surface area contributed by atoms with Crippen molar-refractivity contribution in [1.29, 1.82) is 0 Å². The van der Waals surface area contributed by atoms with Gasteiger partial charge in [-0.25, -0.2) is 4.99 Å². The molecule has 0 aromatic heterocycles. The Hall–Kier alpha value is -3.15. The van der Waals surface area contributed by atoms with Gasteiger partial charge in [-0.1, -0.05) is 36.4 Å². The summed E-state index contributed by atoms with van der Waals surface area (Å²) in [6, 6.07) is 14.0. The predicted octanol–water partition coefficient (Wildman–Crippen LogP) is 3.27. The van der Waals surface area contributed by atoms with Gasteiger partial charge in [-0.05, 0) is 48.4 Å². The second-order valence-electron chi connectivity index (χ2n) is 8.30. The van der Waals surface area contributed by atoms with Crippen molar-refractivity contribution in [2.24, 2.45) is 15.7 Å². The number of aliphatic imine (C=N–C) groups is 2. The van der Waals surface area contributed by atoms with Crippen LogP contribution >= 0.6 is 0 Å². The number of nitrogen functional groups attached to an aromatic ring is 1. The number of guanidine groups is 1. The molecular weight excluding hydrogens is 374 g/mol. The van der Waals surface area contributed by atoms with E-state index in [1.54, 1.807) is 18.2 Å². The Morgan fingerprint density at radius 3 is 2.37 bits per heavy atom. The number of aldehydes is 1. The lowest BCUT2D eigenvalue weighted by molar-refractivity contribution is -0.110. The smallest absolute Gasteiger partial charge is 0.191 e. The molecule has 30 heavy (non-hydrogen) atoms. The highest BCUT2D eigenvalue weighted by molar-refractivity contribution is 5.87. The van der Waals surface area contributed by atoms with E-state index in [1.165, 1.54) is 18.4 Å². The summed E-state index contributed by atoms with van der Waals surface area (Å²) in [5.41, 5.74) is 16.0. The molecule has 3 rings (SSSR count). The van der Waals surface area contributed by atoms with Crippen LogP contribution in [-0.2, 0) is 10.3 Å². The first kappa shape index (κ1) is 21.6. The zero-order valence-electron chi connectivity index (χ0n) is 18.2. The lowest BCUT2D eigenvalue weighted by Crippen LogP contribution is -2.38. The Labute approximate surface area is 178 Å². The molecule has 4 N–H and O–H groups in total. The quantitative estimate of drug-likeness (QED) is 0.320. The molecule has 1 aliphatic carbocycles. The van der Waals surface area contributed by atoms with Gasteiger partial charge in [0.15, 0.2) is 5.96 Å². The molecule has 2 unspecified atom stereocenters. The molecule has 6 nitrogen and oxygen atoms in total. The zero-order chi connectivity index (χ0) is 21.9. The standard InChI is InChI=1S/C24H31N5O/c1-24(28-23(26)29(3)4,20-12-11-19(14-27-2)22(25)13-20)21(15-30)18-9-7-17(8-10-18)16-5-6-16/h7-16,21H,5-6,25H2,1-4H3,(H2,26,28). The number of rotatable bonds is 7. The van der Waals surface area contributed by atoms with Crippen LogP contribution < -0.4 is 11.5 Å². The van der Waals surface area contributed by atoms with Crippen molar-refractivity contribution in [3.63, 3.8) is 0 Å². The van der Waals surface area contributed by atoms with Gasteiger partial charge in [0, 0.05) is 38.6 Å². The van der Waals surface area contributed by atoms with Crippen molar-refractivity contribution in [3.05, 3.63) is 64.7 Å². The Morgan fingerprint density at radius 1 is 1.20 bits per heavy atom. The maximum atomic E-state index is 12.4. The summed E-state index contributed by atoms with van der Waals surface area (Å²) in [5.74, 6) is 0.487. The fourth-order valence-electron chi connectivity index (χ4n) is 3.73. The van der Waals surface area contributed by atoms with Crippen molar-refractivity contribution < 1.29 is 4.79 Å². The van der Waals surface area contributed by atoms with Gasteiger partial charge in [0.1, 0.15) is 11.8 Å². The lowest BCUT2D eigenvalue weighted by Gasteiger charge is -2.33.